The highest BCUT2D eigenvalue weighted by molar-refractivity contribution is 5.17. The van der Waals surface area contributed by atoms with E-state index in [4.69, 9.17) is 4.74 Å². The maximum absolute atomic E-state index is 6.18. The third kappa shape index (κ3) is 2.48. The van der Waals surface area contributed by atoms with Crippen molar-refractivity contribution in [2.75, 3.05) is 0 Å². The van der Waals surface area contributed by atoms with E-state index in [1.807, 2.05) is 0 Å². The SMILES string of the molecule is CC1(OC2CCCCC2)C=CC=CC1. The first-order chi connectivity index (χ1) is 6.79. The van der Waals surface area contributed by atoms with Crippen LogP contribution in [0, 0.1) is 0 Å². The lowest BCUT2D eigenvalue weighted by molar-refractivity contribution is -0.0654. The molecule has 78 valence electrons. The molecule has 1 atom stereocenters. The van der Waals surface area contributed by atoms with Gasteiger partial charge in [-0.3, -0.25) is 0 Å². The minimum absolute atomic E-state index is 0.0310. The predicted octanol–water partition coefficient (Wildman–Crippen LogP) is 3.61. The van der Waals surface area contributed by atoms with Gasteiger partial charge in [0.25, 0.3) is 0 Å². The quantitative estimate of drug-likeness (QED) is 0.649. The highest BCUT2D eigenvalue weighted by atomic mass is 16.5. The van der Waals surface area contributed by atoms with Crippen LogP contribution in [0.15, 0.2) is 24.3 Å². The molecule has 0 heterocycles. The maximum atomic E-state index is 6.18. The average Bonchev–Trinajstić information content (AvgIpc) is 2.19. The van der Waals surface area contributed by atoms with Crippen LogP contribution in [0.3, 0.4) is 0 Å². The molecule has 1 unspecified atom stereocenters. The zero-order chi connectivity index (χ0) is 9.86. The maximum Gasteiger partial charge on any atom is 0.0875 e. The van der Waals surface area contributed by atoms with Crippen molar-refractivity contribution < 1.29 is 4.74 Å². The minimum Gasteiger partial charge on any atom is -0.368 e. The molecule has 14 heavy (non-hydrogen) atoms. The first-order valence-corrected chi connectivity index (χ1v) is 5.81. The fraction of sp³-hybridized carbons (Fsp3) is 0.692. The van der Waals surface area contributed by atoms with Crippen LogP contribution < -0.4 is 0 Å². The van der Waals surface area contributed by atoms with Crippen molar-refractivity contribution in [2.45, 2.75) is 57.2 Å². The van der Waals surface area contributed by atoms with Crippen LogP contribution in [0.25, 0.3) is 0 Å². The van der Waals surface area contributed by atoms with Crippen LogP contribution in [0.2, 0.25) is 0 Å². The third-order valence-corrected chi connectivity index (χ3v) is 3.21. The molecule has 0 amide bonds. The lowest BCUT2D eigenvalue weighted by Crippen LogP contribution is -2.33. The first kappa shape index (κ1) is 9.97. The van der Waals surface area contributed by atoms with E-state index in [-0.39, 0.29) is 5.60 Å². The lowest BCUT2D eigenvalue weighted by Gasteiger charge is -2.34. The molecule has 1 saturated carbocycles. The van der Waals surface area contributed by atoms with Crippen molar-refractivity contribution in [3.63, 3.8) is 0 Å². The number of hydrogen-bond acceptors (Lipinski definition) is 1. The van der Waals surface area contributed by atoms with E-state index in [1.54, 1.807) is 0 Å². The van der Waals surface area contributed by atoms with Gasteiger partial charge in [-0.25, -0.2) is 0 Å². The zero-order valence-electron chi connectivity index (χ0n) is 9.04. The summed E-state index contributed by atoms with van der Waals surface area (Å²) < 4.78 is 6.18. The van der Waals surface area contributed by atoms with Gasteiger partial charge < -0.3 is 4.74 Å². The molecular weight excluding hydrogens is 172 g/mol. The summed E-state index contributed by atoms with van der Waals surface area (Å²) in [5.74, 6) is 0. The molecule has 2 aliphatic rings. The smallest absolute Gasteiger partial charge is 0.0875 e. The van der Waals surface area contributed by atoms with E-state index in [2.05, 4.69) is 31.2 Å². The molecule has 0 aromatic rings. The Kier molecular flexibility index (Phi) is 3.07. The molecule has 2 rings (SSSR count). The summed E-state index contributed by atoms with van der Waals surface area (Å²) in [6.45, 7) is 2.20. The number of ether oxygens (including phenoxy) is 1. The van der Waals surface area contributed by atoms with Gasteiger partial charge >= 0.3 is 0 Å². The fourth-order valence-electron chi connectivity index (χ4n) is 2.36. The minimum atomic E-state index is -0.0310. The Hall–Kier alpha value is -0.560. The average molecular weight is 192 g/mol. The molecule has 1 nitrogen and oxygen atoms in total. The molecule has 2 aliphatic carbocycles. The number of allylic oxidation sites excluding steroid dienone is 2. The largest absolute Gasteiger partial charge is 0.368 e. The van der Waals surface area contributed by atoms with Crippen molar-refractivity contribution in [2.24, 2.45) is 0 Å². The van der Waals surface area contributed by atoms with Crippen molar-refractivity contribution in [1.82, 2.24) is 0 Å². The van der Waals surface area contributed by atoms with Gasteiger partial charge in [0, 0.05) is 0 Å². The van der Waals surface area contributed by atoms with Crippen molar-refractivity contribution >= 4 is 0 Å². The highest BCUT2D eigenvalue weighted by Gasteiger charge is 2.26. The molecule has 0 bridgehead atoms. The van der Waals surface area contributed by atoms with E-state index >= 15 is 0 Å². The highest BCUT2D eigenvalue weighted by Crippen LogP contribution is 2.29. The summed E-state index contributed by atoms with van der Waals surface area (Å²) in [6.07, 6.45) is 16.7. The van der Waals surface area contributed by atoms with Gasteiger partial charge in [0.2, 0.25) is 0 Å². The van der Waals surface area contributed by atoms with E-state index in [0.717, 1.165) is 6.42 Å². The Morgan fingerprint density at radius 2 is 1.93 bits per heavy atom. The zero-order valence-corrected chi connectivity index (χ0v) is 9.04. The Labute approximate surface area is 86.8 Å². The van der Waals surface area contributed by atoms with Crippen LogP contribution in [-0.2, 0) is 4.74 Å². The van der Waals surface area contributed by atoms with Gasteiger partial charge in [-0.2, -0.15) is 0 Å². The van der Waals surface area contributed by atoms with Crippen LogP contribution in [0.1, 0.15) is 45.4 Å². The Balaban J connectivity index is 1.88. The third-order valence-electron chi connectivity index (χ3n) is 3.21. The van der Waals surface area contributed by atoms with Crippen molar-refractivity contribution in [3.8, 4) is 0 Å². The number of hydrogen-bond donors (Lipinski definition) is 0. The normalized spacial score (nSPS) is 33.5. The molecule has 0 radical (unpaired) electrons. The van der Waals surface area contributed by atoms with Gasteiger partial charge in [-0.05, 0) is 26.2 Å². The Morgan fingerprint density at radius 3 is 2.57 bits per heavy atom. The summed E-state index contributed by atoms with van der Waals surface area (Å²) in [7, 11) is 0. The summed E-state index contributed by atoms with van der Waals surface area (Å²) in [4.78, 5) is 0. The van der Waals surface area contributed by atoms with E-state index in [1.165, 1.54) is 32.1 Å². The van der Waals surface area contributed by atoms with Crippen LogP contribution in [-0.4, -0.2) is 11.7 Å². The predicted molar refractivity (Wildman–Crippen MR) is 59.3 cm³/mol. The molecule has 0 aliphatic heterocycles. The fourth-order valence-corrected chi connectivity index (χ4v) is 2.36. The second-order valence-corrected chi connectivity index (χ2v) is 4.68. The first-order valence-electron chi connectivity index (χ1n) is 5.81. The van der Waals surface area contributed by atoms with Gasteiger partial charge in [-0.1, -0.05) is 43.6 Å². The van der Waals surface area contributed by atoms with Gasteiger partial charge in [0.05, 0.1) is 11.7 Å². The van der Waals surface area contributed by atoms with Crippen molar-refractivity contribution in [1.29, 1.82) is 0 Å². The van der Waals surface area contributed by atoms with E-state index in [0.29, 0.717) is 6.10 Å². The molecule has 1 fully saturated rings. The Bertz CT molecular complexity index is 236. The Morgan fingerprint density at radius 1 is 1.14 bits per heavy atom. The van der Waals surface area contributed by atoms with Gasteiger partial charge in [0.1, 0.15) is 0 Å². The topological polar surface area (TPSA) is 9.23 Å². The van der Waals surface area contributed by atoms with Crippen LogP contribution >= 0.6 is 0 Å². The number of rotatable bonds is 2. The van der Waals surface area contributed by atoms with Gasteiger partial charge in [0.15, 0.2) is 0 Å². The van der Waals surface area contributed by atoms with E-state index < -0.39 is 0 Å². The van der Waals surface area contributed by atoms with Crippen molar-refractivity contribution in [3.05, 3.63) is 24.3 Å². The standard InChI is InChI=1S/C13H20O/c1-13(10-6-3-7-11-13)14-12-8-4-2-5-9-12/h3,6-7,10,12H,2,4-5,8-9,11H2,1H3. The van der Waals surface area contributed by atoms with Crippen LogP contribution in [0.5, 0.6) is 0 Å². The molecule has 0 aromatic carbocycles. The molecule has 0 spiro atoms. The molecule has 0 aromatic heterocycles. The molecular formula is C13H20O. The van der Waals surface area contributed by atoms with Crippen LogP contribution in [0.4, 0.5) is 0 Å². The monoisotopic (exact) mass is 192 g/mol. The summed E-state index contributed by atoms with van der Waals surface area (Å²) in [6, 6.07) is 0. The van der Waals surface area contributed by atoms with Gasteiger partial charge in [-0.15, -0.1) is 0 Å². The lowest BCUT2D eigenvalue weighted by atomic mass is 9.94. The summed E-state index contributed by atoms with van der Waals surface area (Å²) >= 11 is 0. The summed E-state index contributed by atoms with van der Waals surface area (Å²) in [5.41, 5.74) is -0.0310. The second kappa shape index (κ2) is 4.31. The molecule has 1 heteroatoms. The van der Waals surface area contributed by atoms with E-state index in [9.17, 15) is 0 Å². The molecule has 0 N–H and O–H groups in total. The second-order valence-electron chi connectivity index (χ2n) is 4.68. The summed E-state index contributed by atoms with van der Waals surface area (Å²) in [5, 5.41) is 0. The molecule has 0 saturated heterocycles.